The van der Waals surface area contributed by atoms with Crippen molar-refractivity contribution in [1.29, 1.82) is 0 Å². The second-order valence-electron chi connectivity index (χ2n) is 7.05. The van der Waals surface area contributed by atoms with Crippen LogP contribution in [0.3, 0.4) is 0 Å². The molecule has 0 bridgehead atoms. The van der Waals surface area contributed by atoms with Crippen LogP contribution >= 0.6 is 23.1 Å². The number of rotatable bonds is 9. The van der Waals surface area contributed by atoms with E-state index in [0.717, 1.165) is 25.0 Å². The Balaban J connectivity index is 1.22. The fourth-order valence-corrected chi connectivity index (χ4v) is 5.02. The molecule has 0 fully saturated rings. The summed E-state index contributed by atoms with van der Waals surface area (Å²) in [5.74, 6) is -0.737. The molecular formula is C25H22N2O3S2. The van der Waals surface area contributed by atoms with Gasteiger partial charge in [-0.2, -0.15) is 0 Å². The van der Waals surface area contributed by atoms with Crippen LogP contribution in [-0.4, -0.2) is 23.5 Å². The molecule has 0 radical (unpaired) electrons. The van der Waals surface area contributed by atoms with E-state index in [1.165, 1.54) is 0 Å². The lowest BCUT2D eigenvalue weighted by Crippen LogP contribution is -2.21. The summed E-state index contributed by atoms with van der Waals surface area (Å²) in [5, 5.41) is 3.84. The minimum atomic E-state index is -0.381. The Morgan fingerprint density at radius 1 is 0.938 bits per heavy atom. The fourth-order valence-electron chi connectivity index (χ4n) is 3.09. The average molecular weight is 463 g/mol. The Hall–Kier alpha value is -3.16. The number of esters is 1. The standard InChI is InChI=1S/C25H22N2O3S2/c28-23(26-19-11-4-6-13-21(19)31-18-9-2-1-3-10-18)17-30-25(29)16-8-15-24-27-20-12-5-7-14-22(20)32-24/h1-7,9-14H,8,15-17H2,(H,26,28). The lowest BCUT2D eigenvalue weighted by molar-refractivity contribution is -0.147. The number of carbonyl (C=O) groups is 2. The number of anilines is 1. The second kappa shape index (κ2) is 10.9. The Kier molecular flexibility index (Phi) is 7.53. The first-order valence-electron chi connectivity index (χ1n) is 10.3. The highest BCUT2D eigenvalue weighted by atomic mass is 32.2. The van der Waals surface area contributed by atoms with Gasteiger partial charge in [-0.05, 0) is 49.2 Å². The van der Waals surface area contributed by atoms with Gasteiger partial charge in [0.25, 0.3) is 5.91 Å². The van der Waals surface area contributed by atoms with Gasteiger partial charge in [0.15, 0.2) is 6.61 Å². The maximum atomic E-state index is 12.3. The average Bonchev–Trinajstić information content (AvgIpc) is 3.22. The van der Waals surface area contributed by atoms with E-state index in [0.29, 0.717) is 18.5 Å². The SMILES string of the molecule is O=C(COC(=O)CCCc1nc2ccccc2s1)Nc1ccccc1Sc1ccccc1. The molecule has 7 heteroatoms. The molecule has 1 aromatic heterocycles. The van der Waals surface area contributed by atoms with Gasteiger partial charge in [-0.3, -0.25) is 9.59 Å². The van der Waals surface area contributed by atoms with E-state index in [1.807, 2.05) is 78.9 Å². The number of ether oxygens (including phenoxy) is 1. The Morgan fingerprint density at radius 3 is 2.53 bits per heavy atom. The zero-order chi connectivity index (χ0) is 22.2. The summed E-state index contributed by atoms with van der Waals surface area (Å²) in [4.78, 5) is 30.9. The molecule has 0 aliphatic carbocycles. The molecule has 1 amide bonds. The van der Waals surface area contributed by atoms with Crippen LogP contribution in [0.15, 0.2) is 88.7 Å². The van der Waals surface area contributed by atoms with Gasteiger partial charge in [-0.15, -0.1) is 11.3 Å². The summed E-state index contributed by atoms with van der Waals surface area (Å²) in [7, 11) is 0. The van der Waals surface area contributed by atoms with Crippen molar-refractivity contribution in [1.82, 2.24) is 4.98 Å². The number of benzene rings is 3. The number of nitrogens with one attached hydrogen (secondary N) is 1. The second-order valence-corrected chi connectivity index (χ2v) is 9.28. The topological polar surface area (TPSA) is 68.3 Å². The molecule has 5 nitrogen and oxygen atoms in total. The van der Waals surface area contributed by atoms with Gasteiger partial charge >= 0.3 is 5.97 Å². The number of fused-ring (bicyclic) bond motifs is 1. The Labute approximate surface area is 194 Å². The van der Waals surface area contributed by atoms with Crippen LogP contribution in [0.25, 0.3) is 10.2 Å². The molecule has 0 spiro atoms. The number of thiazole rings is 1. The largest absolute Gasteiger partial charge is 0.456 e. The van der Waals surface area contributed by atoms with Gasteiger partial charge in [0, 0.05) is 16.2 Å². The van der Waals surface area contributed by atoms with Crippen molar-refractivity contribution in [2.24, 2.45) is 0 Å². The van der Waals surface area contributed by atoms with E-state index in [1.54, 1.807) is 23.1 Å². The van der Waals surface area contributed by atoms with Crippen molar-refractivity contribution in [2.45, 2.75) is 29.1 Å². The molecule has 162 valence electrons. The van der Waals surface area contributed by atoms with E-state index in [2.05, 4.69) is 10.3 Å². The van der Waals surface area contributed by atoms with E-state index in [9.17, 15) is 9.59 Å². The van der Waals surface area contributed by atoms with Gasteiger partial charge in [0.1, 0.15) is 0 Å². The molecule has 1 heterocycles. The zero-order valence-corrected chi connectivity index (χ0v) is 19.0. The van der Waals surface area contributed by atoms with Crippen molar-refractivity contribution in [3.63, 3.8) is 0 Å². The highest BCUT2D eigenvalue weighted by Crippen LogP contribution is 2.33. The third-order valence-corrected chi connectivity index (χ3v) is 6.79. The summed E-state index contributed by atoms with van der Waals surface area (Å²) in [6.07, 6.45) is 1.60. The highest BCUT2D eigenvalue weighted by molar-refractivity contribution is 7.99. The van der Waals surface area contributed by atoms with Crippen LogP contribution in [0.5, 0.6) is 0 Å². The smallest absolute Gasteiger partial charge is 0.306 e. The number of carbonyl (C=O) groups excluding carboxylic acids is 2. The zero-order valence-electron chi connectivity index (χ0n) is 17.3. The molecule has 0 saturated carbocycles. The fraction of sp³-hybridized carbons (Fsp3) is 0.160. The third kappa shape index (κ3) is 6.18. The number of nitrogens with zero attached hydrogens (tertiary/aromatic N) is 1. The van der Waals surface area contributed by atoms with Crippen LogP contribution in [0.2, 0.25) is 0 Å². The number of aromatic nitrogens is 1. The van der Waals surface area contributed by atoms with Crippen molar-refractivity contribution in [3.05, 3.63) is 83.9 Å². The Bertz CT molecular complexity index is 1180. The predicted octanol–water partition coefficient (Wildman–Crippen LogP) is 5.95. The van der Waals surface area contributed by atoms with E-state index < -0.39 is 0 Å². The summed E-state index contributed by atoms with van der Waals surface area (Å²) in [6, 6.07) is 25.5. The number of amides is 1. The number of hydrogen-bond donors (Lipinski definition) is 1. The summed E-state index contributed by atoms with van der Waals surface area (Å²) < 4.78 is 6.30. The number of aryl methyl sites for hydroxylation is 1. The van der Waals surface area contributed by atoms with E-state index in [-0.39, 0.29) is 24.9 Å². The minimum Gasteiger partial charge on any atom is -0.456 e. The summed E-state index contributed by atoms with van der Waals surface area (Å²) >= 11 is 3.20. The molecular weight excluding hydrogens is 440 g/mol. The summed E-state index contributed by atoms with van der Waals surface area (Å²) in [5.41, 5.74) is 1.68. The maximum Gasteiger partial charge on any atom is 0.306 e. The van der Waals surface area contributed by atoms with Crippen molar-refractivity contribution in [2.75, 3.05) is 11.9 Å². The van der Waals surface area contributed by atoms with Crippen LogP contribution in [-0.2, 0) is 20.7 Å². The quantitative estimate of drug-likeness (QED) is 0.311. The molecule has 0 saturated heterocycles. The molecule has 32 heavy (non-hydrogen) atoms. The van der Waals surface area contributed by atoms with Crippen molar-refractivity contribution in [3.8, 4) is 0 Å². The Morgan fingerprint density at radius 2 is 1.69 bits per heavy atom. The van der Waals surface area contributed by atoms with E-state index >= 15 is 0 Å². The molecule has 3 aromatic carbocycles. The maximum absolute atomic E-state index is 12.3. The van der Waals surface area contributed by atoms with Gasteiger partial charge < -0.3 is 10.1 Å². The van der Waals surface area contributed by atoms with Crippen LogP contribution < -0.4 is 5.32 Å². The first kappa shape index (κ1) is 22.0. The summed E-state index contributed by atoms with van der Waals surface area (Å²) in [6.45, 7) is -0.301. The lowest BCUT2D eigenvalue weighted by atomic mass is 10.2. The number of para-hydroxylation sites is 2. The van der Waals surface area contributed by atoms with Gasteiger partial charge in [0.2, 0.25) is 0 Å². The molecule has 0 aliphatic heterocycles. The molecule has 1 N–H and O–H groups in total. The molecule has 4 rings (SSSR count). The van der Waals surface area contributed by atoms with Gasteiger partial charge in [-0.25, -0.2) is 4.98 Å². The van der Waals surface area contributed by atoms with Crippen LogP contribution in [0.1, 0.15) is 17.8 Å². The van der Waals surface area contributed by atoms with Crippen LogP contribution in [0.4, 0.5) is 5.69 Å². The van der Waals surface area contributed by atoms with Crippen LogP contribution in [0, 0.1) is 0 Å². The normalized spacial score (nSPS) is 10.8. The van der Waals surface area contributed by atoms with Gasteiger partial charge in [-0.1, -0.05) is 54.2 Å². The van der Waals surface area contributed by atoms with E-state index in [4.69, 9.17) is 4.74 Å². The first-order chi connectivity index (χ1) is 15.7. The minimum absolute atomic E-state index is 0.254. The third-order valence-electron chi connectivity index (χ3n) is 4.61. The monoisotopic (exact) mass is 462 g/mol. The number of hydrogen-bond acceptors (Lipinski definition) is 6. The molecule has 0 aliphatic rings. The predicted molar refractivity (Wildman–Crippen MR) is 129 cm³/mol. The first-order valence-corrected chi connectivity index (χ1v) is 11.9. The van der Waals surface area contributed by atoms with Crippen molar-refractivity contribution < 1.29 is 14.3 Å². The lowest BCUT2D eigenvalue weighted by Gasteiger charge is -2.11. The van der Waals surface area contributed by atoms with Gasteiger partial charge in [0.05, 0.1) is 20.9 Å². The molecule has 0 unspecified atom stereocenters. The molecule has 4 aromatic rings. The molecule has 0 atom stereocenters. The van der Waals surface area contributed by atoms with Crippen molar-refractivity contribution >= 4 is 50.9 Å². The highest BCUT2D eigenvalue weighted by Gasteiger charge is 2.11.